The summed E-state index contributed by atoms with van der Waals surface area (Å²) in [7, 11) is -4.59. The molecule has 0 aromatic heterocycles. The number of phosphoric ester groups is 1. The number of hydrogen-bond donors (Lipinski definition) is 0. The first-order valence-corrected chi connectivity index (χ1v) is 21.2. The first kappa shape index (κ1) is 40.2. The predicted molar refractivity (Wildman–Crippen MR) is 199 cm³/mol. The fraction of sp³-hybridized carbons (Fsp3) is 0.707. The van der Waals surface area contributed by atoms with Crippen LogP contribution in [0.15, 0.2) is 54.6 Å². The van der Waals surface area contributed by atoms with Gasteiger partial charge in [0.25, 0.3) is 7.82 Å². The van der Waals surface area contributed by atoms with Crippen molar-refractivity contribution in [2.45, 2.75) is 142 Å². The number of piperidine rings is 3. The topological polar surface area (TPSA) is 77.1 Å². The second kappa shape index (κ2) is 22.4. The number of nitrogens with zero attached hydrogens (tertiary/aromatic N) is 1. The van der Waals surface area contributed by atoms with E-state index in [1.165, 1.54) is 122 Å². The Balaban J connectivity index is 1.14. The molecule has 276 valence electrons. The van der Waals surface area contributed by atoms with Gasteiger partial charge >= 0.3 is 0 Å². The third kappa shape index (κ3) is 14.9. The highest BCUT2D eigenvalue weighted by Crippen LogP contribution is 2.45. The van der Waals surface area contributed by atoms with Crippen molar-refractivity contribution in [3.63, 3.8) is 0 Å². The van der Waals surface area contributed by atoms with E-state index in [9.17, 15) is 9.46 Å². The summed E-state index contributed by atoms with van der Waals surface area (Å²) in [6, 6.07) is 18.1. The first-order valence-electron chi connectivity index (χ1n) is 19.7. The van der Waals surface area contributed by atoms with Crippen LogP contribution in [0, 0.1) is 5.92 Å². The Hall–Kier alpha value is -1.57. The third-order valence-corrected chi connectivity index (χ3v) is 11.8. The van der Waals surface area contributed by atoms with Crippen LogP contribution in [0.1, 0.15) is 140 Å². The molecular formula is C41H66NO6P. The van der Waals surface area contributed by atoms with Crippen LogP contribution in [0.3, 0.4) is 0 Å². The van der Waals surface area contributed by atoms with Crippen LogP contribution >= 0.6 is 7.82 Å². The molecule has 3 heterocycles. The molecule has 0 radical (unpaired) electrons. The van der Waals surface area contributed by atoms with E-state index in [1.807, 2.05) is 42.5 Å². The largest absolute Gasteiger partial charge is 0.756 e. The predicted octanol–water partition coefficient (Wildman–Crippen LogP) is 10.5. The highest BCUT2D eigenvalue weighted by atomic mass is 31.2. The zero-order valence-corrected chi connectivity index (χ0v) is 31.6. The first-order chi connectivity index (χ1) is 23.9. The Morgan fingerprint density at radius 3 is 1.98 bits per heavy atom. The normalized spacial score (nSPS) is 21.4. The van der Waals surface area contributed by atoms with E-state index < -0.39 is 20.0 Å². The van der Waals surface area contributed by atoms with Crippen LogP contribution in [0.2, 0.25) is 0 Å². The lowest BCUT2D eigenvalue weighted by molar-refractivity contribution is -0.232. The molecular weight excluding hydrogens is 633 g/mol. The van der Waals surface area contributed by atoms with E-state index in [0.717, 1.165) is 34.4 Å². The standard InChI is InChI=1S/C41H66NO6P/c1-3-4-5-6-7-8-9-10-11-12-13-14-15-19-31-45-34-41(46-33-38-21-17-16-18-22-38)35-47-49(43,44)48-36(2)39-23-20-24-40(32-39)42-28-25-37(26-29-42)27-30-42/h16-18,20-24,32,36-37,41H,3-15,19,25-31,33-35H2,1-2H3. The molecule has 2 bridgehead atoms. The Morgan fingerprint density at radius 2 is 1.37 bits per heavy atom. The average Bonchev–Trinajstić information content (AvgIpc) is 3.13. The molecule has 2 aromatic carbocycles. The molecule has 3 aliphatic heterocycles. The second-order valence-corrected chi connectivity index (χ2v) is 16.1. The van der Waals surface area contributed by atoms with Crippen molar-refractivity contribution in [1.29, 1.82) is 0 Å². The Labute approximate surface area is 298 Å². The lowest BCUT2D eigenvalue weighted by atomic mass is 9.85. The molecule has 2 aromatic rings. The zero-order valence-electron chi connectivity index (χ0n) is 30.7. The lowest BCUT2D eigenvalue weighted by Gasteiger charge is -2.48. The van der Waals surface area contributed by atoms with Crippen molar-refractivity contribution in [2.24, 2.45) is 5.92 Å². The van der Waals surface area contributed by atoms with E-state index in [1.54, 1.807) is 6.92 Å². The maximum atomic E-state index is 13.0. The van der Waals surface area contributed by atoms with Gasteiger partial charge in [0.05, 0.1) is 45.6 Å². The van der Waals surface area contributed by atoms with Gasteiger partial charge in [-0.2, -0.15) is 0 Å². The quantitative estimate of drug-likeness (QED) is 0.0525. The van der Waals surface area contributed by atoms with E-state index in [-0.39, 0.29) is 13.2 Å². The molecule has 3 fully saturated rings. The minimum atomic E-state index is -4.59. The molecule has 3 saturated heterocycles. The van der Waals surface area contributed by atoms with Crippen LogP contribution < -0.4 is 9.38 Å². The van der Waals surface area contributed by atoms with Crippen molar-refractivity contribution < 1.29 is 28.0 Å². The van der Waals surface area contributed by atoms with E-state index >= 15 is 0 Å². The number of benzene rings is 2. The van der Waals surface area contributed by atoms with Crippen LogP contribution in [0.25, 0.3) is 0 Å². The fourth-order valence-electron chi connectivity index (χ4n) is 7.52. The Kier molecular flexibility index (Phi) is 18.4. The molecule has 5 rings (SSSR count). The second-order valence-electron chi connectivity index (χ2n) is 14.7. The molecule has 0 spiro atoms. The van der Waals surface area contributed by atoms with Crippen molar-refractivity contribution >= 4 is 13.5 Å². The zero-order chi connectivity index (χ0) is 34.6. The van der Waals surface area contributed by atoms with Gasteiger partial charge in [-0.25, -0.2) is 0 Å². The van der Waals surface area contributed by atoms with Crippen molar-refractivity contribution in [2.75, 3.05) is 39.5 Å². The Morgan fingerprint density at radius 1 is 0.776 bits per heavy atom. The van der Waals surface area contributed by atoms with Gasteiger partial charge in [-0.05, 0) is 36.5 Å². The summed E-state index contributed by atoms with van der Waals surface area (Å²) in [6.07, 6.45) is 21.1. The molecule has 0 saturated carbocycles. The molecule has 0 aliphatic carbocycles. The molecule has 0 amide bonds. The van der Waals surface area contributed by atoms with Crippen LogP contribution in [-0.2, 0) is 29.7 Å². The number of ether oxygens (including phenoxy) is 2. The smallest absolute Gasteiger partial charge is 0.268 e. The summed E-state index contributed by atoms with van der Waals surface area (Å²) in [5.74, 6) is 0.879. The summed E-state index contributed by atoms with van der Waals surface area (Å²) < 4.78 is 37.0. The minimum absolute atomic E-state index is 0.153. The summed E-state index contributed by atoms with van der Waals surface area (Å²) in [6.45, 7) is 8.64. The number of quaternary nitrogens is 1. The molecule has 3 unspecified atom stereocenters. The van der Waals surface area contributed by atoms with Gasteiger partial charge in [-0.3, -0.25) is 9.05 Å². The summed E-state index contributed by atoms with van der Waals surface area (Å²) in [4.78, 5) is 13.0. The van der Waals surface area contributed by atoms with Crippen molar-refractivity contribution in [3.8, 4) is 0 Å². The van der Waals surface area contributed by atoms with Gasteiger partial charge in [0, 0.05) is 31.9 Å². The van der Waals surface area contributed by atoms with Gasteiger partial charge in [0.2, 0.25) is 0 Å². The van der Waals surface area contributed by atoms with Crippen molar-refractivity contribution in [3.05, 3.63) is 65.7 Å². The van der Waals surface area contributed by atoms with E-state index in [0.29, 0.717) is 13.2 Å². The highest BCUT2D eigenvalue weighted by Gasteiger charge is 2.41. The van der Waals surface area contributed by atoms with E-state index in [2.05, 4.69) is 19.1 Å². The van der Waals surface area contributed by atoms with Gasteiger partial charge in [0.15, 0.2) is 0 Å². The fourth-order valence-corrected chi connectivity index (χ4v) is 8.44. The molecule has 7 nitrogen and oxygen atoms in total. The minimum Gasteiger partial charge on any atom is -0.756 e. The summed E-state index contributed by atoms with van der Waals surface area (Å²) in [5, 5.41) is 0. The van der Waals surface area contributed by atoms with E-state index in [4.69, 9.17) is 18.5 Å². The number of fused-ring (bicyclic) bond motifs is 3. The maximum Gasteiger partial charge on any atom is 0.268 e. The van der Waals surface area contributed by atoms with Gasteiger partial charge in [-0.15, -0.1) is 0 Å². The number of phosphoric acid groups is 1. The number of hydrogen-bond acceptors (Lipinski definition) is 6. The van der Waals surface area contributed by atoms with Crippen molar-refractivity contribution in [1.82, 2.24) is 4.48 Å². The molecule has 49 heavy (non-hydrogen) atoms. The van der Waals surface area contributed by atoms with Gasteiger partial charge in [-0.1, -0.05) is 133 Å². The van der Waals surface area contributed by atoms with Crippen LogP contribution in [0.5, 0.6) is 0 Å². The SMILES string of the molecule is CCCCCCCCCCCCCCCCOCC(COP(=O)([O-])OC(C)c1cccc([N+]23CCC(CC2)CC3)c1)OCc1ccccc1. The molecule has 3 atom stereocenters. The highest BCUT2D eigenvalue weighted by molar-refractivity contribution is 7.45. The maximum absolute atomic E-state index is 13.0. The summed E-state index contributed by atoms with van der Waals surface area (Å²) >= 11 is 0. The molecule has 3 aliphatic rings. The van der Waals surface area contributed by atoms with Crippen LogP contribution in [-0.4, -0.2) is 45.6 Å². The molecule has 0 N–H and O–H groups in total. The number of rotatable bonds is 27. The summed E-state index contributed by atoms with van der Waals surface area (Å²) in [5.41, 5.74) is 3.13. The number of unbranched alkanes of at least 4 members (excludes halogenated alkanes) is 13. The Bertz CT molecular complexity index is 1190. The van der Waals surface area contributed by atoms with Gasteiger partial charge in [0.1, 0.15) is 11.8 Å². The lowest BCUT2D eigenvalue weighted by Crippen LogP contribution is -2.59. The van der Waals surface area contributed by atoms with Crippen LogP contribution in [0.4, 0.5) is 5.69 Å². The average molecular weight is 700 g/mol. The molecule has 8 heteroatoms. The monoisotopic (exact) mass is 699 g/mol. The van der Waals surface area contributed by atoms with Gasteiger partial charge < -0.3 is 23.4 Å². The third-order valence-electron chi connectivity index (χ3n) is 10.8.